The van der Waals surface area contributed by atoms with Crippen LogP contribution in [-0.4, -0.2) is 11.8 Å². The van der Waals surface area contributed by atoms with E-state index in [2.05, 4.69) is 0 Å². The molecule has 2 aliphatic carbocycles. The van der Waals surface area contributed by atoms with E-state index in [1.807, 2.05) is 0 Å². The Morgan fingerprint density at radius 2 is 2.00 bits per heavy atom. The Hall–Kier alpha value is -1.29. The van der Waals surface area contributed by atoms with Gasteiger partial charge in [0.1, 0.15) is 5.78 Å². The minimum atomic E-state index is -0.910. The molecule has 2 saturated carbocycles. The molecule has 1 aromatic carbocycles. The molecule has 0 aromatic heterocycles. The van der Waals surface area contributed by atoms with Crippen LogP contribution < -0.4 is 5.73 Å². The van der Waals surface area contributed by atoms with Gasteiger partial charge in [-0.1, -0.05) is 12.1 Å². The highest BCUT2D eigenvalue weighted by Crippen LogP contribution is 2.48. The van der Waals surface area contributed by atoms with E-state index < -0.39 is 11.6 Å². The zero-order valence-electron chi connectivity index (χ0n) is 10.6. The summed E-state index contributed by atoms with van der Waals surface area (Å²) in [6, 6.07) is 3.87. The third kappa shape index (κ3) is 2.08. The molecule has 2 nitrogen and oxygen atoms in total. The van der Waals surface area contributed by atoms with Crippen molar-refractivity contribution in [3.63, 3.8) is 0 Å². The van der Waals surface area contributed by atoms with Gasteiger partial charge in [-0.25, -0.2) is 8.78 Å². The lowest BCUT2D eigenvalue weighted by Gasteiger charge is -2.26. The number of nitrogens with two attached hydrogens (primary N) is 1. The average Bonchev–Trinajstić information content (AvgIpc) is 2.95. The van der Waals surface area contributed by atoms with Crippen molar-refractivity contribution < 1.29 is 13.6 Å². The predicted octanol–water partition coefficient (Wildman–Crippen LogP) is 2.45. The molecule has 0 radical (unpaired) electrons. The summed E-state index contributed by atoms with van der Waals surface area (Å²) in [4.78, 5) is 12.3. The van der Waals surface area contributed by atoms with Gasteiger partial charge in [-0.2, -0.15) is 0 Å². The fourth-order valence-electron chi connectivity index (χ4n) is 3.80. The Morgan fingerprint density at radius 1 is 1.26 bits per heavy atom. The summed E-state index contributed by atoms with van der Waals surface area (Å²) in [5.74, 6) is -1.22. The minimum absolute atomic E-state index is 0.0378. The number of benzene rings is 1. The van der Waals surface area contributed by atoms with Crippen LogP contribution in [0.5, 0.6) is 0 Å². The van der Waals surface area contributed by atoms with Crippen molar-refractivity contribution in [1.29, 1.82) is 0 Å². The van der Waals surface area contributed by atoms with Crippen LogP contribution in [0.4, 0.5) is 8.78 Å². The van der Waals surface area contributed by atoms with E-state index in [0.29, 0.717) is 11.8 Å². The first-order valence-electron chi connectivity index (χ1n) is 6.79. The van der Waals surface area contributed by atoms with Crippen molar-refractivity contribution >= 4 is 5.78 Å². The van der Waals surface area contributed by atoms with Crippen molar-refractivity contribution in [3.05, 3.63) is 35.4 Å². The van der Waals surface area contributed by atoms with E-state index >= 15 is 0 Å². The Labute approximate surface area is 111 Å². The van der Waals surface area contributed by atoms with Gasteiger partial charge in [-0.15, -0.1) is 0 Å². The number of fused-ring (bicyclic) bond motifs is 2. The lowest BCUT2D eigenvalue weighted by Crippen LogP contribution is -2.40. The van der Waals surface area contributed by atoms with Gasteiger partial charge >= 0.3 is 0 Å². The average molecular weight is 265 g/mol. The number of hydrogen-bond donors (Lipinski definition) is 1. The number of carbonyl (C=O) groups is 1. The van der Waals surface area contributed by atoms with Crippen LogP contribution in [0, 0.1) is 29.4 Å². The maximum Gasteiger partial charge on any atom is 0.162 e. The smallest absolute Gasteiger partial charge is 0.162 e. The highest BCUT2D eigenvalue weighted by atomic mass is 19.2. The van der Waals surface area contributed by atoms with Crippen molar-refractivity contribution in [2.75, 3.05) is 0 Å². The second-order valence-corrected chi connectivity index (χ2v) is 5.79. The predicted molar refractivity (Wildman–Crippen MR) is 67.4 cm³/mol. The molecule has 102 valence electrons. The van der Waals surface area contributed by atoms with Crippen LogP contribution in [0.2, 0.25) is 0 Å². The van der Waals surface area contributed by atoms with Crippen LogP contribution in [0.15, 0.2) is 18.2 Å². The Balaban J connectivity index is 1.77. The molecule has 2 aliphatic rings. The Morgan fingerprint density at radius 3 is 2.68 bits per heavy atom. The largest absolute Gasteiger partial charge is 0.327 e. The van der Waals surface area contributed by atoms with Crippen LogP contribution in [0.1, 0.15) is 24.8 Å². The molecule has 0 spiro atoms. The van der Waals surface area contributed by atoms with Gasteiger partial charge in [0, 0.05) is 18.4 Å². The molecule has 2 bridgehead atoms. The molecule has 4 heteroatoms. The minimum Gasteiger partial charge on any atom is -0.327 e. The lowest BCUT2D eigenvalue weighted by atomic mass is 9.80. The fraction of sp³-hybridized carbons (Fsp3) is 0.533. The molecule has 0 amide bonds. The van der Waals surface area contributed by atoms with Gasteiger partial charge in [0.25, 0.3) is 0 Å². The van der Waals surface area contributed by atoms with Crippen molar-refractivity contribution in [2.24, 2.45) is 23.5 Å². The Kier molecular flexibility index (Phi) is 3.13. The summed E-state index contributed by atoms with van der Waals surface area (Å²) < 4.78 is 26.7. The molecule has 4 atom stereocenters. The maximum atomic E-state index is 13.6. The van der Waals surface area contributed by atoms with E-state index in [9.17, 15) is 13.6 Å². The van der Waals surface area contributed by atoms with E-state index in [4.69, 9.17) is 5.73 Å². The first kappa shape index (κ1) is 12.7. The number of carbonyl (C=O) groups excluding carboxylic acids is 1. The van der Waals surface area contributed by atoms with Crippen LogP contribution >= 0.6 is 0 Å². The Bertz CT molecular complexity index is 515. The van der Waals surface area contributed by atoms with Gasteiger partial charge in [0.05, 0.1) is 0 Å². The van der Waals surface area contributed by atoms with Crippen LogP contribution in [-0.2, 0) is 11.2 Å². The fourth-order valence-corrected chi connectivity index (χ4v) is 3.80. The zero-order valence-corrected chi connectivity index (χ0v) is 10.6. The SMILES string of the molecule is NC1C2CCC(C2)C1C(=O)Cc1cccc(F)c1F. The summed E-state index contributed by atoms with van der Waals surface area (Å²) >= 11 is 0. The second kappa shape index (κ2) is 4.67. The number of hydrogen-bond acceptors (Lipinski definition) is 2. The molecular formula is C15H17F2NO. The van der Waals surface area contributed by atoms with Crippen molar-refractivity contribution in [2.45, 2.75) is 31.7 Å². The third-order valence-corrected chi connectivity index (χ3v) is 4.75. The maximum absolute atomic E-state index is 13.6. The molecule has 1 aromatic rings. The van der Waals surface area contributed by atoms with E-state index in [0.717, 1.165) is 25.3 Å². The van der Waals surface area contributed by atoms with Crippen LogP contribution in [0.3, 0.4) is 0 Å². The van der Waals surface area contributed by atoms with Gasteiger partial charge in [0.15, 0.2) is 11.6 Å². The van der Waals surface area contributed by atoms with Gasteiger partial charge in [-0.05, 0) is 42.7 Å². The lowest BCUT2D eigenvalue weighted by molar-refractivity contribution is -0.124. The molecule has 4 unspecified atom stereocenters. The monoisotopic (exact) mass is 265 g/mol. The van der Waals surface area contributed by atoms with E-state index in [1.165, 1.54) is 12.1 Å². The first-order valence-corrected chi connectivity index (χ1v) is 6.79. The molecular weight excluding hydrogens is 248 g/mol. The summed E-state index contributed by atoms with van der Waals surface area (Å²) in [5.41, 5.74) is 6.24. The quantitative estimate of drug-likeness (QED) is 0.912. The van der Waals surface area contributed by atoms with Crippen molar-refractivity contribution in [1.82, 2.24) is 0 Å². The first-order chi connectivity index (χ1) is 9.08. The van der Waals surface area contributed by atoms with E-state index in [1.54, 1.807) is 0 Å². The summed E-state index contributed by atoms with van der Waals surface area (Å²) in [7, 11) is 0. The molecule has 0 heterocycles. The summed E-state index contributed by atoms with van der Waals surface area (Å²) in [6.07, 6.45) is 3.11. The topological polar surface area (TPSA) is 43.1 Å². The number of rotatable bonds is 3. The molecule has 2 fully saturated rings. The zero-order chi connectivity index (χ0) is 13.6. The number of ketones is 1. The highest BCUT2D eigenvalue weighted by molar-refractivity contribution is 5.84. The summed E-state index contributed by atoms with van der Waals surface area (Å²) in [5, 5.41) is 0. The molecule has 0 saturated heterocycles. The highest BCUT2D eigenvalue weighted by Gasteiger charge is 2.48. The molecule has 2 N–H and O–H groups in total. The molecule has 0 aliphatic heterocycles. The molecule has 19 heavy (non-hydrogen) atoms. The number of Topliss-reactive ketones (excluding diaryl/α,β-unsaturated/α-hetero) is 1. The van der Waals surface area contributed by atoms with Gasteiger partial charge < -0.3 is 5.73 Å². The van der Waals surface area contributed by atoms with E-state index in [-0.39, 0.29) is 29.7 Å². The second-order valence-electron chi connectivity index (χ2n) is 5.79. The standard InChI is InChI=1S/C15H17F2NO/c16-11-3-1-2-9(14(11)17)7-12(19)13-8-4-5-10(6-8)15(13)18/h1-3,8,10,13,15H,4-7,18H2. The van der Waals surface area contributed by atoms with Gasteiger partial charge in [-0.3, -0.25) is 4.79 Å². The molecule has 3 rings (SSSR count). The van der Waals surface area contributed by atoms with Gasteiger partial charge in [0.2, 0.25) is 0 Å². The van der Waals surface area contributed by atoms with Crippen LogP contribution in [0.25, 0.3) is 0 Å². The summed E-state index contributed by atoms with van der Waals surface area (Å²) in [6.45, 7) is 0. The normalized spacial score (nSPS) is 32.8. The van der Waals surface area contributed by atoms with Crippen molar-refractivity contribution in [3.8, 4) is 0 Å². The number of halogens is 2. The third-order valence-electron chi connectivity index (χ3n) is 4.75.